The van der Waals surface area contributed by atoms with Crippen LogP contribution >= 0.6 is 0 Å². The van der Waals surface area contributed by atoms with E-state index in [2.05, 4.69) is 0 Å². The van der Waals surface area contributed by atoms with E-state index in [0.29, 0.717) is 27.5 Å². The summed E-state index contributed by atoms with van der Waals surface area (Å²) in [5.41, 5.74) is 0.436. The van der Waals surface area contributed by atoms with E-state index in [1.54, 1.807) is 42.5 Å². The lowest BCUT2D eigenvalue weighted by Gasteiger charge is -2.19. The lowest BCUT2D eigenvalue weighted by molar-refractivity contribution is 0.669. The molecule has 0 spiro atoms. The van der Waals surface area contributed by atoms with Crippen molar-refractivity contribution in [2.75, 3.05) is 0 Å². The van der Waals surface area contributed by atoms with Crippen molar-refractivity contribution >= 4 is 54.3 Å². The van der Waals surface area contributed by atoms with Crippen LogP contribution in [0.5, 0.6) is 0 Å². The summed E-state index contributed by atoms with van der Waals surface area (Å²) >= 11 is 0. The molecule has 0 bridgehead atoms. The first-order valence-electron chi connectivity index (χ1n) is 19.0. The third-order valence-electron chi connectivity index (χ3n) is 6.61. The molecule has 1 heterocycles. The Morgan fingerprint density at radius 3 is 1.73 bits per heavy atom. The van der Waals surface area contributed by atoms with Gasteiger partial charge >= 0.3 is 0 Å². The first kappa shape index (κ1) is 10.6. The van der Waals surface area contributed by atoms with Gasteiger partial charge in [-0.25, -0.2) is 0 Å². The molecule has 0 amide bonds. The van der Waals surface area contributed by atoms with Gasteiger partial charge in [-0.15, -0.1) is 0 Å². The fourth-order valence-corrected chi connectivity index (χ4v) is 5.13. The Kier molecular flexibility index (Phi) is 2.24. The van der Waals surface area contributed by atoms with Crippen LogP contribution in [0.2, 0.25) is 0 Å². The van der Waals surface area contributed by atoms with E-state index >= 15 is 0 Å². The van der Waals surface area contributed by atoms with E-state index in [0.717, 1.165) is 0 Å². The summed E-state index contributed by atoms with van der Waals surface area (Å²) in [5, 5.41) is -0.692. The number of fused-ring (bicyclic) bond motifs is 6. The standard InChI is InChI=1S/C36H22O/c1-2-13-24-23(11-1)12-9-19-25(24)34-26-14-3-5-16-28(26)35(29-17-6-4-15-27(29)34)31-20-10-22-33-36(31)30-18-7-8-21-32(30)37-33/h1-22H/i1D,2D,3D,4D,5D,6D,9D,11D,12D,13D,14D,15D,16D,17D,19D. The highest BCUT2D eigenvalue weighted by atomic mass is 16.3. The SMILES string of the molecule is [2H]c1c([2H])c([2H])c2c(-c3c4c([2H])c([2H])c([2H])c([2H])c4c(-c4cccc5oc6ccccc6c45)c4c([2H])c([2H])c([2H])c([2H])c34)c([2H])c([2H])c([2H])c2c1[2H]. The van der Waals surface area contributed by atoms with E-state index < -0.39 is 107 Å². The molecule has 0 N–H and O–H groups in total. The van der Waals surface area contributed by atoms with E-state index in [-0.39, 0.29) is 32.7 Å². The average molecular weight is 486 g/mol. The van der Waals surface area contributed by atoms with Crippen LogP contribution < -0.4 is 0 Å². The highest BCUT2D eigenvalue weighted by Gasteiger charge is 2.20. The zero-order valence-electron chi connectivity index (χ0n) is 33.9. The smallest absolute Gasteiger partial charge is 0.136 e. The molecule has 1 aromatic heterocycles. The van der Waals surface area contributed by atoms with Gasteiger partial charge in [0.2, 0.25) is 0 Å². The van der Waals surface area contributed by atoms with Crippen LogP contribution in [0, 0.1) is 0 Å². The summed E-state index contributed by atoms with van der Waals surface area (Å²) in [6, 6.07) is 1.91. The monoisotopic (exact) mass is 485 g/mol. The van der Waals surface area contributed by atoms with Gasteiger partial charge in [0.25, 0.3) is 0 Å². The number of benzene rings is 7. The minimum absolute atomic E-state index is 0.0193. The van der Waals surface area contributed by atoms with Gasteiger partial charge < -0.3 is 4.42 Å². The second kappa shape index (κ2) is 7.81. The van der Waals surface area contributed by atoms with Gasteiger partial charge in [-0.1, -0.05) is 121 Å². The fourth-order valence-electron chi connectivity index (χ4n) is 5.13. The maximum atomic E-state index is 9.29. The van der Waals surface area contributed by atoms with Gasteiger partial charge in [-0.3, -0.25) is 0 Å². The zero-order valence-corrected chi connectivity index (χ0v) is 18.9. The third-order valence-corrected chi connectivity index (χ3v) is 6.61. The molecular weight excluding hydrogens is 448 g/mol. The van der Waals surface area contributed by atoms with Crippen LogP contribution in [-0.2, 0) is 0 Å². The van der Waals surface area contributed by atoms with Gasteiger partial charge in [0.05, 0.1) is 20.6 Å². The summed E-state index contributed by atoms with van der Waals surface area (Å²) in [6.07, 6.45) is 0. The fraction of sp³-hybridized carbons (Fsp3) is 0. The molecule has 1 heteroatoms. The van der Waals surface area contributed by atoms with Crippen LogP contribution in [0.15, 0.2) is 138 Å². The first-order valence-corrected chi connectivity index (χ1v) is 11.5. The Morgan fingerprint density at radius 2 is 1.00 bits per heavy atom. The molecule has 8 aromatic rings. The van der Waals surface area contributed by atoms with Crippen LogP contribution in [0.25, 0.3) is 76.5 Å². The maximum Gasteiger partial charge on any atom is 0.136 e. The molecule has 7 aromatic carbocycles. The van der Waals surface area contributed by atoms with Crippen LogP contribution in [0.4, 0.5) is 0 Å². The minimum atomic E-state index is -0.755. The summed E-state index contributed by atoms with van der Waals surface area (Å²) in [6.45, 7) is 0. The largest absolute Gasteiger partial charge is 0.456 e. The Balaban J connectivity index is 1.80. The summed E-state index contributed by atoms with van der Waals surface area (Å²) in [7, 11) is 0. The second-order valence-corrected chi connectivity index (χ2v) is 8.53. The lowest BCUT2D eigenvalue weighted by atomic mass is 9.84. The van der Waals surface area contributed by atoms with Gasteiger partial charge in [0.15, 0.2) is 0 Å². The average Bonchev–Trinajstić information content (AvgIpc) is 3.53. The molecule has 0 atom stereocenters. The molecule has 172 valence electrons. The third kappa shape index (κ3) is 2.92. The van der Waals surface area contributed by atoms with Crippen molar-refractivity contribution in [2.45, 2.75) is 0 Å². The first-order chi connectivity index (χ1) is 24.6. The van der Waals surface area contributed by atoms with Gasteiger partial charge in [0.1, 0.15) is 11.2 Å². The quantitative estimate of drug-likeness (QED) is 0.222. The highest BCUT2D eigenvalue weighted by molar-refractivity contribution is 6.26. The van der Waals surface area contributed by atoms with Crippen molar-refractivity contribution in [2.24, 2.45) is 0 Å². The summed E-state index contributed by atoms with van der Waals surface area (Å²) in [5.74, 6) is 0. The maximum absolute atomic E-state index is 9.29. The van der Waals surface area contributed by atoms with Crippen molar-refractivity contribution in [3.05, 3.63) is 133 Å². The van der Waals surface area contributed by atoms with E-state index in [1.807, 2.05) is 0 Å². The molecule has 0 saturated heterocycles. The molecule has 0 saturated carbocycles. The van der Waals surface area contributed by atoms with E-state index in [4.69, 9.17) is 18.1 Å². The van der Waals surface area contributed by atoms with Gasteiger partial charge in [0, 0.05) is 10.8 Å². The molecule has 1 nitrogen and oxygen atoms in total. The number of furan rings is 1. The van der Waals surface area contributed by atoms with Crippen molar-refractivity contribution in [3.8, 4) is 22.3 Å². The molecule has 0 unspecified atom stereocenters. The van der Waals surface area contributed by atoms with Crippen LogP contribution in [-0.4, -0.2) is 0 Å². The number of hydrogen-bond acceptors (Lipinski definition) is 1. The minimum Gasteiger partial charge on any atom is -0.456 e. The predicted molar refractivity (Wildman–Crippen MR) is 157 cm³/mol. The van der Waals surface area contributed by atoms with Crippen molar-refractivity contribution in [3.63, 3.8) is 0 Å². The van der Waals surface area contributed by atoms with Crippen LogP contribution in [0.1, 0.15) is 20.6 Å². The Labute approximate surface area is 235 Å². The normalized spacial score (nSPS) is 17.5. The van der Waals surface area contributed by atoms with Gasteiger partial charge in [-0.05, 0) is 66.7 Å². The Bertz CT molecular complexity index is 2880. The molecule has 8 rings (SSSR count). The molecule has 0 aliphatic carbocycles. The van der Waals surface area contributed by atoms with E-state index in [9.17, 15) is 6.85 Å². The van der Waals surface area contributed by atoms with Crippen LogP contribution in [0.3, 0.4) is 0 Å². The van der Waals surface area contributed by atoms with Crippen molar-refractivity contribution < 1.29 is 25.0 Å². The summed E-state index contributed by atoms with van der Waals surface area (Å²) in [4.78, 5) is 0. The molecule has 0 aliphatic rings. The molecule has 0 aliphatic heterocycles. The number of para-hydroxylation sites is 1. The Morgan fingerprint density at radius 1 is 0.432 bits per heavy atom. The topological polar surface area (TPSA) is 13.1 Å². The number of hydrogen-bond donors (Lipinski definition) is 0. The summed E-state index contributed by atoms with van der Waals surface area (Å²) < 4.78 is 139. The van der Waals surface area contributed by atoms with Crippen molar-refractivity contribution in [1.29, 1.82) is 0 Å². The predicted octanol–water partition coefficient (Wildman–Crippen LogP) is 10.4. The molecular formula is C36H22O. The molecule has 0 radical (unpaired) electrons. The van der Waals surface area contributed by atoms with Crippen molar-refractivity contribution in [1.82, 2.24) is 0 Å². The number of rotatable bonds is 2. The van der Waals surface area contributed by atoms with Gasteiger partial charge in [-0.2, -0.15) is 0 Å². The second-order valence-electron chi connectivity index (χ2n) is 8.53. The van der Waals surface area contributed by atoms with E-state index in [1.165, 1.54) is 0 Å². The Hall–Kier alpha value is -4.88. The lowest BCUT2D eigenvalue weighted by Crippen LogP contribution is -1.92. The molecule has 37 heavy (non-hydrogen) atoms. The highest BCUT2D eigenvalue weighted by Crippen LogP contribution is 2.47. The zero-order chi connectivity index (χ0) is 37.4. The molecule has 0 fully saturated rings.